The topological polar surface area (TPSA) is 41.3 Å². The Hall–Kier alpha value is -1.65. The van der Waals surface area contributed by atoms with Crippen LogP contribution in [0.5, 0.6) is 0 Å². The molecule has 0 spiro atoms. The van der Waals surface area contributed by atoms with Crippen molar-refractivity contribution in [2.75, 3.05) is 13.1 Å². The van der Waals surface area contributed by atoms with E-state index < -0.39 is 6.10 Å². The highest BCUT2D eigenvalue weighted by molar-refractivity contribution is 5.23. The first-order valence-electron chi connectivity index (χ1n) is 7.45. The first kappa shape index (κ1) is 15.7. The van der Waals surface area contributed by atoms with Gasteiger partial charge in [0.1, 0.15) is 0 Å². The van der Waals surface area contributed by atoms with Crippen molar-refractivity contribution in [2.45, 2.75) is 33.4 Å². The van der Waals surface area contributed by atoms with Crippen molar-refractivity contribution in [3.05, 3.63) is 52.8 Å². The summed E-state index contributed by atoms with van der Waals surface area (Å²) in [6.45, 7) is 8.55. The molecule has 0 aliphatic heterocycles. The molecule has 0 bridgehead atoms. The fourth-order valence-electron chi connectivity index (χ4n) is 2.49. The lowest BCUT2D eigenvalue weighted by atomic mass is 10.1. The molecule has 0 aliphatic rings. The summed E-state index contributed by atoms with van der Waals surface area (Å²) in [5.41, 5.74) is 4.46. The highest BCUT2D eigenvalue weighted by Gasteiger charge is 2.14. The molecule has 4 heteroatoms. The standard InChI is InChI=1S/C17H25N3O/c1-5-20(11-16-10-19(4)18-14(16)3)12-17(21)15-8-6-13(2)7-9-15/h6-10,17,21H,5,11-12H2,1-4H3. The molecule has 1 aromatic carbocycles. The predicted octanol–water partition coefficient (Wildman–Crippen LogP) is 2.59. The Morgan fingerprint density at radius 2 is 1.90 bits per heavy atom. The first-order chi connectivity index (χ1) is 9.99. The van der Waals surface area contributed by atoms with Crippen LogP contribution < -0.4 is 0 Å². The SMILES string of the molecule is CCN(Cc1cn(C)nc1C)CC(O)c1ccc(C)cc1. The maximum absolute atomic E-state index is 10.4. The Balaban J connectivity index is 2.01. The van der Waals surface area contributed by atoms with Crippen LogP contribution >= 0.6 is 0 Å². The Morgan fingerprint density at radius 1 is 1.24 bits per heavy atom. The second kappa shape index (κ2) is 6.87. The quantitative estimate of drug-likeness (QED) is 0.888. The van der Waals surface area contributed by atoms with Crippen LogP contribution in [-0.2, 0) is 13.6 Å². The summed E-state index contributed by atoms with van der Waals surface area (Å²) < 4.78 is 1.84. The molecular weight excluding hydrogens is 262 g/mol. The Bertz CT molecular complexity index is 574. The van der Waals surface area contributed by atoms with E-state index in [1.807, 2.05) is 42.9 Å². The number of likely N-dealkylation sites (N-methyl/N-ethyl adjacent to an activating group) is 1. The molecule has 1 aromatic heterocycles. The van der Waals surface area contributed by atoms with E-state index in [1.165, 1.54) is 11.1 Å². The van der Waals surface area contributed by atoms with Crippen LogP contribution in [0, 0.1) is 13.8 Å². The summed E-state index contributed by atoms with van der Waals surface area (Å²) in [6, 6.07) is 8.09. The molecule has 1 atom stereocenters. The molecule has 1 unspecified atom stereocenters. The molecule has 4 nitrogen and oxygen atoms in total. The van der Waals surface area contributed by atoms with Crippen molar-refractivity contribution in [1.82, 2.24) is 14.7 Å². The number of aliphatic hydroxyl groups is 1. The van der Waals surface area contributed by atoms with Crippen LogP contribution in [0.15, 0.2) is 30.5 Å². The third-order valence-electron chi connectivity index (χ3n) is 3.85. The van der Waals surface area contributed by atoms with E-state index >= 15 is 0 Å². The van der Waals surface area contributed by atoms with Gasteiger partial charge in [0.15, 0.2) is 0 Å². The summed E-state index contributed by atoms with van der Waals surface area (Å²) in [5, 5.41) is 14.8. The summed E-state index contributed by atoms with van der Waals surface area (Å²) in [6.07, 6.45) is 1.60. The molecule has 0 saturated heterocycles. The zero-order valence-electron chi connectivity index (χ0n) is 13.4. The molecule has 1 heterocycles. The number of hydrogen-bond donors (Lipinski definition) is 1. The zero-order chi connectivity index (χ0) is 15.4. The Morgan fingerprint density at radius 3 is 2.43 bits per heavy atom. The molecule has 2 rings (SSSR count). The maximum atomic E-state index is 10.4. The third-order valence-corrected chi connectivity index (χ3v) is 3.85. The van der Waals surface area contributed by atoms with Gasteiger partial charge in [0.2, 0.25) is 0 Å². The van der Waals surface area contributed by atoms with Gasteiger partial charge >= 0.3 is 0 Å². The lowest BCUT2D eigenvalue weighted by Crippen LogP contribution is -2.28. The number of hydrogen-bond acceptors (Lipinski definition) is 3. The third kappa shape index (κ3) is 4.16. The van der Waals surface area contributed by atoms with Gasteiger partial charge in [-0.25, -0.2) is 0 Å². The van der Waals surface area contributed by atoms with Gasteiger partial charge in [0, 0.05) is 31.9 Å². The van der Waals surface area contributed by atoms with E-state index in [0.29, 0.717) is 6.54 Å². The molecule has 0 radical (unpaired) electrons. The van der Waals surface area contributed by atoms with Crippen molar-refractivity contribution >= 4 is 0 Å². The molecule has 0 amide bonds. The molecule has 1 N–H and O–H groups in total. The number of rotatable bonds is 6. The van der Waals surface area contributed by atoms with E-state index in [9.17, 15) is 5.11 Å². The molecule has 114 valence electrons. The van der Waals surface area contributed by atoms with E-state index in [0.717, 1.165) is 24.3 Å². The van der Waals surface area contributed by atoms with Gasteiger partial charge in [-0.05, 0) is 26.0 Å². The van der Waals surface area contributed by atoms with Crippen LogP contribution in [0.3, 0.4) is 0 Å². The van der Waals surface area contributed by atoms with Gasteiger partial charge in [-0.2, -0.15) is 5.10 Å². The predicted molar refractivity (Wildman–Crippen MR) is 85.0 cm³/mol. The van der Waals surface area contributed by atoms with Gasteiger partial charge < -0.3 is 5.11 Å². The number of aromatic nitrogens is 2. The average molecular weight is 287 g/mol. The van der Waals surface area contributed by atoms with E-state index in [4.69, 9.17) is 0 Å². The molecule has 0 saturated carbocycles. The summed E-state index contributed by atoms with van der Waals surface area (Å²) in [7, 11) is 1.94. The number of benzene rings is 1. The number of nitrogens with zero attached hydrogens (tertiary/aromatic N) is 3. The van der Waals surface area contributed by atoms with Crippen molar-refractivity contribution in [3.8, 4) is 0 Å². The fraction of sp³-hybridized carbons (Fsp3) is 0.471. The van der Waals surface area contributed by atoms with Crippen LogP contribution in [0.25, 0.3) is 0 Å². The van der Waals surface area contributed by atoms with Crippen molar-refractivity contribution in [1.29, 1.82) is 0 Å². The van der Waals surface area contributed by atoms with Crippen LogP contribution in [-0.4, -0.2) is 32.9 Å². The highest BCUT2D eigenvalue weighted by atomic mass is 16.3. The first-order valence-corrected chi connectivity index (χ1v) is 7.45. The lowest BCUT2D eigenvalue weighted by Gasteiger charge is -2.23. The van der Waals surface area contributed by atoms with Crippen LogP contribution in [0.1, 0.15) is 35.4 Å². The molecule has 2 aromatic rings. The van der Waals surface area contributed by atoms with E-state index in [2.05, 4.69) is 30.0 Å². The number of aliphatic hydroxyl groups excluding tert-OH is 1. The Kier molecular flexibility index (Phi) is 5.15. The van der Waals surface area contributed by atoms with Crippen molar-refractivity contribution in [2.24, 2.45) is 7.05 Å². The highest BCUT2D eigenvalue weighted by Crippen LogP contribution is 2.17. The molecule has 21 heavy (non-hydrogen) atoms. The average Bonchev–Trinajstić information content (AvgIpc) is 2.76. The van der Waals surface area contributed by atoms with Gasteiger partial charge in [0.25, 0.3) is 0 Å². The lowest BCUT2D eigenvalue weighted by molar-refractivity contribution is 0.112. The fourth-order valence-corrected chi connectivity index (χ4v) is 2.49. The normalized spacial score (nSPS) is 12.9. The number of aryl methyl sites for hydroxylation is 3. The minimum Gasteiger partial charge on any atom is -0.387 e. The second-order valence-electron chi connectivity index (χ2n) is 5.67. The van der Waals surface area contributed by atoms with E-state index in [1.54, 1.807) is 0 Å². The van der Waals surface area contributed by atoms with Gasteiger partial charge in [-0.15, -0.1) is 0 Å². The minimum absolute atomic E-state index is 0.456. The molecule has 0 aliphatic carbocycles. The largest absolute Gasteiger partial charge is 0.387 e. The smallest absolute Gasteiger partial charge is 0.0917 e. The van der Waals surface area contributed by atoms with Gasteiger partial charge in [-0.3, -0.25) is 9.58 Å². The van der Waals surface area contributed by atoms with Crippen molar-refractivity contribution in [3.63, 3.8) is 0 Å². The minimum atomic E-state index is -0.456. The summed E-state index contributed by atoms with van der Waals surface area (Å²) in [4.78, 5) is 2.24. The van der Waals surface area contributed by atoms with Crippen LogP contribution in [0.2, 0.25) is 0 Å². The maximum Gasteiger partial charge on any atom is 0.0917 e. The van der Waals surface area contributed by atoms with E-state index in [-0.39, 0.29) is 0 Å². The van der Waals surface area contributed by atoms with Gasteiger partial charge in [-0.1, -0.05) is 36.8 Å². The summed E-state index contributed by atoms with van der Waals surface area (Å²) >= 11 is 0. The zero-order valence-corrected chi connectivity index (χ0v) is 13.4. The second-order valence-corrected chi connectivity index (χ2v) is 5.67. The molecule has 0 fully saturated rings. The Labute approximate surface area is 127 Å². The van der Waals surface area contributed by atoms with Crippen molar-refractivity contribution < 1.29 is 5.11 Å². The summed E-state index contributed by atoms with van der Waals surface area (Å²) in [5.74, 6) is 0. The van der Waals surface area contributed by atoms with Gasteiger partial charge in [0.05, 0.1) is 11.8 Å². The monoisotopic (exact) mass is 287 g/mol. The molecular formula is C17H25N3O. The van der Waals surface area contributed by atoms with Crippen LogP contribution in [0.4, 0.5) is 0 Å².